The van der Waals surface area contributed by atoms with Gasteiger partial charge in [0.25, 0.3) is 5.91 Å². The topological polar surface area (TPSA) is 77.0 Å². The molecule has 1 N–H and O–H groups in total. The molecule has 0 saturated carbocycles. The third-order valence-corrected chi connectivity index (χ3v) is 5.01. The largest absolute Gasteiger partial charge is 0.490 e. The minimum Gasteiger partial charge on any atom is -0.490 e. The first-order valence-electron chi connectivity index (χ1n) is 8.99. The van der Waals surface area contributed by atoms with Crippen molar-refractivity contribution in [2.75, 3.05) is 6.61 Å². The number of hydrogen-bond donors (Lipinski definition) is 1. The Balaban J connectivity index is 1.81. The van der Waals surface area contributed by atoms with E-state index in [1.54, 1.807) is 30.3 Å². The number of amidine groups is 1. The molecule has 2 amide bonds. The van der Waals surface area contributed by atoms with Crippen LogP contribution in [0, 0.1) is 5.82 Å². The molecule has 0 unspecified atom stereocenters. The van der Waals surface area contributed by atoms with E-state index in [0.717, 1.165) is 17.3 Å². The van der Waals surface area contributed by atoms with Crippen LogP contribution in [0.3, 0.4) is 0 Å². The summed E-state index contributed by atoms with van der Waals surface area (Å²) in [6, 6.07) is 9.29. The fraction of sp³-hybridized carbons (Fsp3) is 0.190. The van der Waals surface area contributed by atoms with Gasteiger partial charge in [-0.2, -0.15) is 4.99 Å². The van der Waals surface area contributed by atoms with Crippen LogP contribution in [0.15, 0.2) is 46.3 Å². The van der Waals surface area contributed by atoms with Gasteiger partial charge in [-0.1, -0.05) is 23.7 Å². The summed E-state index contributed by atoms with van der Waals surface area (Å²) < 4.78 is 24.5. The predicted molar refractivity (Wildman–Crippen MR) is 115 cm³/mol. The molecule has 0 aliphatic carbocycles. The van der Waals surface area contributed by atoms with Gasteiger partial charge in [-0.05, 0) is 60.2 Å². The summed E-state index contributed by atoms with van der Waals surface area (Å²) in [4.78, 5) is 27.4. The molecule has 6 nitrogen and oxygen atoms in total. The number of benzene rings is 2. The van der Waals surface area contributed by atoms with Crippen LogP contribution in [0.2, 0.25) is 5.02 Å². The van der Waals surface area contributed by atoms with Crippen molar-refractivity contribution in [2.45, 2.75) is 20.5 Å². The minimum absolute atomic E-state index is 0.183. The SMILES string of the molecule is CCOc1cc(C=C2SC(NC(C)=O)=NC2=O)cc(Cl)c1OCc1ccc(F)cc1. The van der Waals surface area contributed by atoms with Crippen molar-refractivity contribution in [2.24, 2.45) is 4.99 Å². The zero-order valence-corrected chi connectivity index (χ0v) is 17.8. The van der Waals surface area contributed by atoms with Gasteiger partial charge >= 0.3 is 0 Å². The van der Waals surface area contributed by atoms with Crippen LogP contribution in [0.5, 0.6) is 11.5 Å². The summed E-state index contributed by atoms with van der Waals surface area (Å²) in [5.41, 5.74) is 1.39. The fourth-order valence-electron chi connectivity index (χ4n) is 2.57. The molecular formula is C21H18ClFN2O4S. The van der Waals surface area contributed by atoms with Crippen LogP contribution in [0.1, 0.15) is 25.0 Å². The maximum Gasteiger partial charge on any atom is 0.286 e. The van der Waals surface area contributed by atoms with Gasteiger partial charge in [-0.15, -0.1) is 0 Å². The second kappa shape index (κ2) is 9.77. The van der Waals surface area contributed by atoms with Crippen molar-refractivity contribution in [1.29, 1.82) is 0 Å². The lowest BCUT2D eigenvalue weighted by Gasteiger charge is -2.15. The van der Waals surface area contributed by atoms with Gasteiger partial charge in [0.05, 0.1) is 16.5 Å². The number of nitrogens with one attached hydrogen (secondary N) is 1. The molecule has 0 atom stereocenters. The number of hydrogen-bond acceptors (Lipinski definition) is 5. The number of ether oxygens (including phenoxy) is 2. The number of thioether (sulfide) groups is 1. The maximum absolute atomic E-state index is 13.1. The molecule has 0 aromatic heterocycles. The predicted octanol–water partition coefficient (Wildman–Crippen LogP) is 4.56. The highest BCUT2D eigenvalue weighted by Crippen LogP contribution is 2.39. The molecule has 0 saturated heterocycles. The highest BCUT2D eigenvalue weighted by atomic mass is 35.5. The Morgan fingerprint density at radius 2 is 2.00 bits per heavy atom. The fourth-order valence-corrected chi connectivity index (χ4v) is 3.71. The third-order valence-electron chi connectivity index (χ3n) is 3.83. The molecule has 0 fully saturated rings. The Morgan fingerprint density at radius 1 is 1.27 bits per heavy atom. The second-order valence-electron chi connectivity index (χ2n) is 6.19. The van der Waals surface area contributed by atoms with Crippen LogP contribution < -0.4 is 14.8 Å². The number of halogens is 2. The average molecular weight is 449 g/mol. The molecule has 9 heteroatoms. The van der Waals surface area contributed by atoms with Gasteiger partial charge in [-0.25, -0.2) is 4.39 Å². The second-order valence-corrected chi connectivity index (χ2v) is 7.63. The summed E-state index contributed by atoms with van der Waals surface area (Å²) >= 11 is 7.47. The number of nitrogens with zero attached hydrogens (tertiary/aromatic N) is 1. The molecule has 156 valence electrons. The zero-order chi connectivity index (χ0) is 21.7. The summed E-state index contributed by atoms with van der Waals surface area (Å²) in [7, 11) is 0. The molecule has 3 rings (SSSR count). The summed E-state index contributed by atoms with van der Waals surface area (Å²) in [5.74, 6) is -0.314. The van der Waals surface area contributed by atoms with Crippen LogP contribution in [-0.4, -0.2) is 23.6 Å². The third kappa shape index (κ3) is 5.61. The molecule has 1 heterocycles. The normalized spacial score (nSPS) is 14.6. The van der Waals surface area contributed by atoms with Crippen molar-refractivity contribution >= 4 is 46.4 Å². The van der Waals surface area contributed by atoms with E-state index in [-0.39, 0.29) is 23.5 Å². The van der Waals surface area contributed by atoms with Gasteiger partial charge in [0.1, 0.15) is 12.4 Å². The van der Waals surface area contributed by atoms with E-state index in [2.05, 4.69) is 10.3 Å². The average Bonchev–Trinajstić information content (AvgIpc) is 3.01. The summed E-state index contributed by atoms with van der Waals surface area (Å²) in [6.45, 7) is 3.73. The Labute approximate surface area is 182 Å². The van der Waals surface area contributed by atoms with Crippen molar-refractivity contribution in [1.82, 2.24) is 5.32 Å². The highest BCUT2D eigenvalue weighted by Gasteiger charge is 2.23. The smallest absolute Gasteiger partial charge is 0.286 e. The van der Waals surface area contributed by atoms with E-state index in [9.17, 15) is 14.0 Å². The van der Waals surface area contributed by atoms with Crippen molar-refractivity contribution in [3.05, 3.63) is 63.3 Å². The first-order valence-corrected chi connectivity index (χ1v) is 10.2. The Kier molecular flexibility index (Phi) is 7.12. The lowest BCUT2D eigenvalue weighted by Crippen LogP contribution is -2.23. The lowest BCUT2D eigenvalue weighted by molar-refractivity contribution is -0.117. The first kappa shape index (κ1) is 21.9. The molecule has 0 bridgehead atoms. The van der Waals surface area contributed by atoms with Crippen LogP contribution >= 0.6 is 23.4 Å². The quantitative estimate of drug-likeness (QED) is 0.655. The standard InChI is InChI=1S/C21H18ClFN2O4S/c1-3-28-17-9-14(10-18-20(27)25-21(30-18)24-12(2)26)8-16(22)19(17)29-11-13-4-6-15(23)7-5-13/h4-10H,3,11H2,1-2H3,(H,24,25,26,27). The number of carbonyl (C=O) groups is 2. The molecule has 2 aromatic rings. The van der Waals surface area contributed by atoms with Crippen molar-refractivity contribution in [3.8, 4) is 11.5 Å². The first-order chi connectivity index (χ1) is 14.4. The van der Waals surface area contributed by atoms with E-state index < -0.39 is 5.91 Å². The minimum atomic E-state index is -0.450. The number of carbonyl (C=O) groups excluding carboxylic acids is 2. The maximum atomic E-state index is 13.1. The molecule has 1 aliphatic rings. The lowest BCUT2D eigenvalue weighted by atomic mass is 10.1. The zero-order valence-electron chi connectivity index (χ0n) is 16.2. The van der Waals surface area contributed by atoms with Gasteiger partial charge < -0.3 is 14.8 Å². The monoisotopic (exact) mass is 448 g/mol. The van der Waals surface area contributed by atoms with Crippen molar-refractivity contribution in [3.63, 3.8) is 0 Å². The van der Waals surface area contributed by atoms with E-state index in [4.69, 9.17) is 21.1 Å². The Bertz CT molecular complexity index is 1040. The molecule has 1 aliphatic heterocycles. The van der Waals surface area contributed by atoms with Crippen LogP contribution in [0.25, 0.3) is 6.08 Å². The van der Waals surface area contributed by atoms with Gasteiger partial charge in [0.2, 0.25) is 5.91 Å². The molecular weight excluding hydrogens is 431 g/mol. The van der Waals surface area contributed by atoms with E-state index >= 15 is 0 Å². The summed E-state index contributed by atoms with van der Waals surface area (Å²) in [6.07, 6.45) is 1.61. The van der Waals surface area contributed by atoms with Gasteiger partial charge in [0.15, 0.2) is 16.7 Å². The van der Waals surface area contributed by atoms with Crippen LogP contribution in [-0.2, 0) is 16.2 Å². The van der Waals surface area contributed by atoms with E-state index in [0.29, 0.717) is 33.6 Å². The summed E-state index contributed by atoms with van der Waals surface area (Å²) in [5, 5.41) is 3.02. The highest BCUT2D eigenvalue weighted by molar-refractivity contribution is 8.18. The number of aliphatic imine (C=N–C) groups is 1. The van der Waals surface area contributed by atoms with Crippen LogP contribution in [0.4, 0.5) is 4.39 Å². The van der Waals surface area contributed by atoms with Crippen molar-refractivity contribution < 1.29 is 23.5 Å². The Morgan fingerprint density at radius 3 is 2.67 bits per heavy atom. The molecule has 0 radical (unpaired) electrons. The molecule has 0 spiro atoms. The molecule has 2 aromatic carbocycles. The van der Waals surface area contributed by atoms with E-state index in [1.807, 2.05) is 6.92 Å². The Hall–Kier alpha value is -2.84. The van der Waals surface area contributed by atoms with Gasteiger partial charge in [0, 0.05) is 6.92 Å². The molecule has 30 heavy (non-hydrogen) atoms. The van der Waals surface area contributed by atoms with Gasteiger partial charge in [-0.3, -0.25) is 9.59 Å². The number of amides is 2. The van der Waals surface area contributed by atoms with E-state index in [1.165, 1.54) is 19.1 Å². The number of rotatable bonds is 6.